The van der Waals surface area contributed by atoms with Crippen LogP contribution in [0.25, 0.3) is 0 Å². The molecule has 1 saturated heterocycles. The third kappa shape index (κ3) is 3.97. The number of thiophene rings is 1. The Morgan fingerprint density at radius 1 is 1.32 bits per heavy atom. The zero-order valence-corrected chi connectivity index (χ0v) is 14.7. The van der Waals surface area contributed by atoms with Gasteiger partial charge in [0, 0.05) is 28.1 Å². The van der Waals surface area contributed by atoms with Gasteiger partial charge in [0.2, 0.25) is 5.91 Å². The fraction of sp³-hybridized carbons (Fsp3) is 0.353. The van der Waals surface area contributed by atoms with Crippen LogP contribution >= 0.6 is 27.3 Å². The SMILES string of the molecule is O=C(Nc1ccccc1)C1CCCN(Cc2sccc2Br)C1. The number of anilines is 1. The maximum absolute atomic E-state index is 12.4. The smallest absolute Gasteiger partial charge is 0.228 e. The number of piperidine rings is 1. The average Bonchev–Trinajstić information content (AvgIpc) is 2.94. The monoisotopic (exact) mass is 378 g/mol. The minimum Gasteiger partial charge on any atom is -0.326 e. The summed E-state index contributed by atoms with van der Waals surface area (Å²) in [7, 11) is 0. The van der Waals surface area contributed by atoms with Gasteiger partial charge in [-0.3, -0.25) is 9.69 Å². The molecular formula is C17H19BrN2OS. The molecule has 1 amide bonds. The highest BCUT2D eigenvalue weighted by Crippen LogP contribution is 2.27. The summed E-state index contributed by atoms with van der Waals surface area (Å²) in [6.07, 6.45) is 2.05. The van der Waals surface area contributed by atoms with Crippen molar-refractivity contribution >= 4 is 38.9 Å². The minimum atomic E-state index is 0.0766. The van der Waals surface area contributed by atoms with Crippen molar-refractivity contribution < 1.29 is 4.79 Å². The Morgan fingerprint density at radius 2 is 2.14 bits per heavy atom. The normalized spacial score (nSPS) is 19.0. The molecule has 0 radical (unpaired) electrons. The van der Waals surface area contributed by atoms with E-state index in [1.807, 2.05) is 30.3 Å². The predicted molar refractivity (Wildman–Crippen MR) is 95.1 cm³/mol. The van der Waals surface area contributed by atoms with Crippen LogP contribution in [0.4, 0.5) is 5.69 Å². The summed E-state index contributed by atoms with van der Waals surface area (Å²) in [5.74, 6) is 0.217. The van der Waals surface area contributed by atoms with Gasteiger partial charge in [-0.2, -0.15) is 0 Å². The summed E-state index contributed by atoms with van der Waals surface area (Å²) in [4.78, 5) is 16.2. The summed E-state index contributed by atoms with van der Waals surface area (Å²) in [6, 6.07) is 11.8. The number of nitrogens with zero attached hydrogens (tertiary/aromatic N) is 1. The van der Waals surface area contributed by atoms with E-state index in [-0.39, 0.29) is 11.8 Å². The van der Waals surface area contributed by atoms with Gasteiger partial charge in [0.15, 0.2) is 0 Å². The first-order chi connectivity index (χ1) is 10.7. The molecule has 5 heteroatoms. The van der Waals surface area contributed by atoms with E-state index < -0.39 is 0 Å². The van der Waals surface area contributed by atoms with E-state index in [0.29, 0.717) is 0 Å². The predicted octanol–water partition coefficient (Wildman–Crippen LogP) is 4.36. The third-order valence-corrected chi connectivity index (χ3v) is 5.89. The van der Waals surface area contributed by atoms with Crippen LogP contribution < -0.4 is 5.32 Å². The second-order valence-electron chi connectivity index (χ2n) is 5.62. The number of carbonyl (C=O) groups excluding carboxylic acids is 1. The molecule has 1 unspecified atom stereocenters. The fourth-order valence-corrected chi connectivity index (χ4v) is 4.34. The van der Waals surface area contributed by atoms with Gasteiger partial charge >= 0.3 is 0 Å². The highest BCUT2D eigenvalue weighted by atomic mass is 79.9. The highest BCUT2D eigenvalue weighted by Gasteiger charge is 2.26. The van der Waals surface area contributed by atoms with Gasteiger partial charge in [0.1, 0.15) is 0 Å². The Bertz CT molecular complexity index is 629. The topological polar surface area (TPSA) is 32.3 Å². The second kappa shape index (κ2) is 7.40. The largest absolute Gasteiger partial charge is 0.326 e. The standard InChI is InChI=1S/C17H19BrN2OS/c18-15-8-10-22-16(15)12-20-9-4-5-13(11-20)17(21)19-14-6-2-1-3-7-14/h1-3,6-8,10,13H,4-5,9,11-12H2,(H,19,21). The van der Waals surface area contributed by atoms with E-state index in [1.54, 1.807) is 11.3 Å². The zero-order chi connectivity index (χ0) is 15.4. The number of carbonyl (C=O) groups is 1. The van der Waals surface area contributed by atoms with Crippen molar-refractivity contribution in [2.75, 3.05) is 18.4 Å². The number of likely N-dealkylation sites (tertiary alicyclic amines) is 1. The van der Waals surface area contributed by atoms with Crippen molar-refractivity contribution in [2.45, 2.75) is 19.4 Å². The number of halogens is 1. The molecule has 1 N–H and O–H groups in total. The van der Waals surface area contributed by atoms with Gasteiger partial charge < -0.3 is 5.32 Å². The van der Waals surface area contributed by atoms with Crippen molar-refractivity contribution in [3.8, 4) is 0 Å². The highest BCUT2D eigenvalue weighted by molar-refractivity contribution is 9.10. The molecule has 0 spiro atoms. The van der Waals surface area contributed by atoms with Gasteiger partial charge in [0.25, 0.3) is 0 Å². The first-order valence-electron chi connectivity index (χ1n) is 7.52. The Hall–Kier alpha value is -1.17. The second-order valence-corrected chi connectivity index (χ2v) is 7.48. The summed E-state index contributed by atoms with van der Waals surface area (Å²) < 4.78 is 1.17. The fourth-order valence-electron chi connectivity index (χ4n) is 2.82. The third-order valence-electron chi connectivity index (χ3n) is 3.98. The number of rotatable bonds is 4. The molecule has 22 heavy (non-hydrogen) atoms. The Balaban J connectivity index is 1.58. The van der Waals surface area contributed by atoms with Crippen LogP contribution in [0.15, 0.2) is 46.3 Å². The quantitative estimate of drug-likeness (QED) is 0.856. The molecule has 1 fully saturated rings. The van der Waals surface area contributed by atoms with Crippen molar-refractivity contribution in [2.24, 2.45) is 5.92 Å². The van der Waals surface area contributed by atoms with Crippen LogP contribution in [0.1, 0.15) is 17.7 Å². The lowest BCUT2D eigenvalue weighted by atomic mass is 9.97. The molecule has 0 bridgehead atoms. The maximum Gasteiger partial charge on any atom is 0.228 e. The average molecular weight is 379 g/mol. The molecule has 2 heterocycles. The molecular weight excluding hydrogens is 360 g/mol. The Labute approximate surface area is 143 Å². The number of nitrogens with one attached hydrogen (secondary N) is 1. The van der Waals surface area contributed by atoms with E-state index in [1.165, 1.54) is 9.35 Å². The number of hydrogen-bond donors (Lipinski definition) is 1. The zero-order valence-electron chi connectivity index (χ0n) is 12.3. The van der Waals surface area contributed by atoms with Crippen LogP contribution in [0.2, 0.25) is 0 Å². The van der Waals surface area contributed by atoms with E-state index in [9.17, 15) is 4.79 Å². The molecule has 3 rings (SSSR count). The summed E-state index contributed by atoms with van der Waals surface area (Å²) in [5.41, 5.74) is 0.880. The molecule has 1 aromatic carbocycles. The van der Waals surface area contributed by atoms with Crippen molar-refractivity contribution in [1.29, 1.82) is 0 Å². The molecule has 1 aliphatic heterocycles. The Kier molecular flexibility index (Phi) is 5.28. The molecule has 3 nitrogen and oxygen atoms in total. The van der Waals surface area contributed by atoms with Gasteiger partial charge in [-0.25, -0.2) is 0 Å². The molecule has 0 saturated carbocycles. The van der Waals surface area contributed by atoms with E-state index in [2.05, 4.69) is 37.6 Å². The first kappa shape index (κ1) is 15.7. The van der Waals surface area contributed by atoms with Crippen molar-refractivity contribution in [1.82, 2.24) is 4.90 Å². The van der Waals surface area contributed by atoms with Crippen molar-refractivity contribution in [3.63, 3.8) is 0 Å². The van der Waals surface area contributed by atoms with E-state index in [4.69, 9.17) is 0 Å². The lowest BCUT2D eigenvalue weighted by Crippen LogP contribution is -2.40. The molecule has 1 aliphatic rings. The van der Waals surface area contributed by atoms with Crippen LogP contribution in [-0.4, -0.2) is 23.9 Å². The summed E-state index contributed by atoms with van der Waals surface area (Å²) in [6.45, 7) is 2.83. The van der Waals surface area contributed by atoms with Gasteiger partial charge in [0.05, 0.1) is 5.92 Å². The molecule has 1 aromatic heterocycles. The molecule has 1 atom stereocenters. The number of benzene rings is 1. The first-order valence-corrected chi connectivity index (χ1v) is 9.20. The maximum atomic E-state index is 12.4. The van der Waals surface area contributed by atoms with Gasteiger partial charge in [-0.05, 0) is 58.9 Å². The molecule has 116 valence electrons. The number of amides is 1. The van der Waals surface area contributed by atoms with E-state index in [0.717, 1.165) is 38.2 Å². The minimum absolute atomic E-state index is 0.0766. The van der Waals surface area contributed by atoms with Gasteiger partial charge in [-0.1, -0.05) is 18.2 Å². The van der Waals surface area contributed by atoms with Crippen molar-refractivity contribution in [3.05, 3.63) is 51.1 Å². The molecule has 0 aliphatic carbocycles. The summed E-state index contributed by atoms with van der Waals surface area (Å²) >= 11 is 5.35. The number of hydrogen-bond acceptors (Lipinski definition) is 3. The lowest BCUT2D eigenvalue weighted by Gasteiger charge is -2.31. The Morgan fingerprint density at radius 3 is 2.86 bits per heavy atom. The van der Waals surface area contributed by atoms with Gasteiger partial charge in [-0.15, -0.1) is 11.3 Å². The van der Waals surface area contributed by atoms with Crippen LogP contribution in [0, 0.1) is 5.92 Å². The van der Waals surface area contributed by atoms with Crippen LogP contribution in [0.5, 0.6) is 0 Å². The van der Waals surface area contributed by atoms with E-state index >= 15 is 0 Å². The van der Waals surface area contributed by atoms with Crippen LogP contribution in [0.3, 0.4) is 0 Å². The lowest BCUT2D eigenvalue weighted by molar-refractivity contribution is -0.121. The molecule has 2 aromatic rings. The number of para-hydroxylation sites is 1. The van der Waals surface area contributed by atoms with Crippen LogP contribution in [-0.2, 0) is 11.3 Å². The summed E-state index contributed by atoms with van der Waals surface area (Å²) in [5, 5.41) is 5.13.